The lowest BCUT2D eigenvalue weighted by molar-refractivity contribution is 0.812. The first-order valence-corrected chi connectivity index (χ1v) is 17.2. The summed E-state index contributed by atoms with van der Waals surface area (Å²) in [4.78, 5) is 7.79. The molecule has 5 aromatic carbocycles. The lowest BCUT2D eigenvalue weighted by Crippen LogP contribution is -2.57. The number of fused-ring (bicyclic) bond motifs is 4. The van der Waals surface area contributed by atoms with Gasteiger partial charge in [-0.25, -0.2) is 0 Å². The molecule has 2 aliphatic heterocycles. The summed E-state index contributed by atoms with van der Waals surface area (Å²) in [5, 5.41) is 0. The second-order valence-electron chi connectivity index (χ2n) is 12.7. The number of hydrogen-bond donors (Lipinski definition) is 0. The van der Waals surface area contributed by atoms with Gasteiger partial charge >= 0.3 is 0 Å². The van der Waals surface area contributed by atoms with E-state index in [2.05, 4.69) is 150 Å². The molecule has 7 rings (SSSR count). The van der Waals surface area contributed by atoms with Crippen LogP contribution in [0.2, 0.25) is 0 Å². The van der Waals surface area contributed by atoms with Crippen molar-refractivity contribution in [2.45, 2.75) is 78.9 Å². The molecular weight excluding hydrogens is 557 g/mol. The Bertz CT molecular complexity index is 1770. The van der Waals surface area contributed by atoms with Gasteiger partial charge in [-0.1, -0.05) is 136 Å². The summed E-state index contributed by atoms with van der Waals surface area (Å²) in [7, 11) is 0. The van der Waals surface area contributed by atoms with Crippen LogP contribution < -0.4 is 21.3 Å². The Labute approximate surface area is 266 Å². The molecule has 2 aliphatic rings. The van der Waals surface area contributed by atoms with Crippen LogP contribution in [0.4, 0.5) is 17.1 Å². The quantitative estimate of drug-likeness (QED) is 0.182. The van der Waals surface area contributed by atoms with Crippen molar-refractivity contribution >= 4 is 63.7 Å². The Morgan fingerprint density at radius 1 is 0.512 bits per heavy atom. The number of anilines is 3. The molecule has 0 atom stereocenters. The zero-order valence-electron chi connectivity index (χ0n) is 25.9. The molecule has 0 radical (unpaired) electrons. The van der Waals surface area contributed by atoms with Gasteiger partial charge in [0.2, 0.25) is 6.71 Å². The number of nitrogens with zero attached hydrogens (tertiary/aromatic N) is 1. The summed E-state index contributed by atoms with van der Waals surface area (Å²) in [6.45, 7) is 14.3. The SMILES string of the molecule is CC(C)c1cc(C(C)C)c(B2c3ccccc3Sc3ccc(N4c5ccccc5Sc5ccccc54)cc32)c(C(C)C)c1. The third-order valence-corrected chi connectivity index (χ3v) is 11.2. The zero-order valence-corrected chi connectivity index (χ0v) is 27.5. The Kier molecular flexibility index (Phi) is 7.47. The molecule has 43 heavy (non-hydrogen) atoms. The van der Waals surface area contributed by atoms with Crippen molar-refractivity contribution in [1.82, 2.24) is 0 Å². The molecule has 214 valence electrons. The summed E-state index contributed by atoms with van der Waals surface area (Å²) in [6.07, 6.45) is 0. The van der Waals surface area contributed by atoms with E-state index in [1.54, 1.807) is 0 Å². The van der Waals surface area contributed by atoms with E-state index in [0.29, 0.717) is 17.8 Å². The van der Waals surface area contributed by atoms with Gasteiger partial charge in [0.05, 0.1) is 11.4 Å². The summed E-state index contributed by atoms with van der Waals surface area (Å²) in [6, 6.07) is 39.0. The molecule has 0 amide bonds. The molecule has 2 heterocycles. The van der Waals surface area contributed by atoms with Crippen molar-refractivity contribution < 1.29 is 0 Å². The average Bonchev–Trinajstić information content (AvgIpc) is 3.01. The Morgan fingerprint density at radius 3 is 1.60 bits per heavy atom. The normalized spacial score (nSPS) is 13.7. The van der Waals surface area contributed by atoms with E-state index in [9.17, 15) is 0 Å². The van der Waals surface area contributed by atoms with Crippen molar-refractivity contribution in [3.05, 3.63) is 120 Å². The van der Waals surface area contributed by atoms with Crippen LogP contribution >= 0.6 is 23.5 Å². The second kappa shape index (κ2) is 11.3. The van der Waals surface area contributed by atoms with Crippen molar-refractivity contribution in [2.75, 3.05) is 4.90 Å². The van der Waals surface area contributed by atoms with Crippen LogP contribution in [-0.4, -0.2) is 6.71 Å². The van der Waals surface area contributed by atoms with Crippen LogP contribution in [0, 0.1) is 0 Å². The molecule has 0 N–H and O–H groups in total. The van der Waals surface area contributed by atoms with Crippen molar-refractivity contribution in [1.29, 1.82) is 0 Å². The van der Waals surface area contributed by atoms with Gasteiger partial charge < -0.3 is 4.90 Å². The van der Waals surface area contributed by atoms with Crippen LogP contribution in [0.25, 0.3) is 0 Å². The zero-order chi connectivity index (χ0) is 29.8. The fourth-order valence-electron chi connectivity index (χ4n) is 6.73. The highest BCUT2D eigenvalue weighted by atomic mass is 32.2. The molecule has 0 spiro atoms. The molecule has 4 heteroatoms. The van der Waals surface area contributed by atoms with Gasteiger partial charge in [-0.2, -0.15) is 0 Å². The van der Waals surface area contributed by atoms with E-state index in [-0.39, 0.29) is 6.71 Å². The number of benzene rings is 5. The minimum Gasteiger partial charge on any atom is -0.308 e. The summed E-state index contributed by atoms with van der Waals surface area (Å²) >= 11 is 3.79. The molecule has 0 saturated heterocycles. The molecule has 0 fully saturated rings. The summed E-state index contributed by atoms with van der Waals surface area (Å²) in [5.74, 6) is 1.35. The van der Waals surface area contributed by atoms with Gasteiger partial charge in [0.25, 0.3) is 0 Å². The lowest BCUT2D eigenvalue weighted by atomic mass is 9.34. The van der Waals surface area contributed by atoms with Gasteiger partial charge in [-0.3, -0.25) is 0 Å². The molecule has 0 aliphatic carbocycles. The largest absolute Gasteiger partial charge is 0.308 e. The smallest absolute Gasteiger partial charge is 0.244 e. The van der Waals surface area contributed by atoms with Crippen LogP contribution in [0.3, 0.4) is 0 Å². The van der Waals surface area contributed by atoms with E-state index in [4.69, 9.17) is 0 Å². The van der Waals surface area contributed by atoms with E-state index in [1.165, 1.54) is 69.7 Å². The predicted molar refractivity (Wildman–Crippen MR) is 189 cm³/mol. The van der Waals surface area contributed by atoms with Gasteiger partial charge in [0.15, 0.2) is 0 Å². The van der Waals surface area contributed by atoms with E-state index in [1.807, 2.05) is 23.5 Å². The van der Waals surface area contributed by atoms with Crippen LogP contribution in [-0.2, 0) is 0 Å². The highest BCUT2D eigenvalue weighted by molar-refractivity contribution is 8.00. The fraction of sp³-hybridized carbons (Fsp3) is 0.231. The van der Waals surface area contributed by atoms with Crippen molar-refractivity contribution in [2.24, 2.45) is 0 Å². The molecule has 1 nitrogen and oxygen atoms in total. The molecule has 0 aromatic heterocycles. The van der Waals surface area contributed by atoms with E-state index < -0.39 is 0 Å². The minimum atomic E-state index is 0.174. The number of rotatable bonds is 5. The highest BCUT2D eigenvalue weighted by Gasteiger charge is 2.36. The molecule has 5 aromatic rings. The first kappa shape index (κ1) is 28.4. The Morgan fingerprint density at radius 2 is 1.02 bits per heavy atom. The van der Waals surface area contributed by atoms with Crippen LogP contribution in [0.1, 0.15) is 76.0 Å². The summed E-state index contributed by atoms with van der Waals surface area (Å²) in [5.41, 5.74) is 12.5. The Hall–Kier alpha value is -3.34. The van der Waals surface area contributed by atoms with E-state index in [0.717, 1.165) is 0 Å². The minimum absolute atomic E-state index is 0.174. The predicted octanol–water partition coefficient (Wildman–Crippen LogP) is 9.97. The van der Waals surface area contributed by atoms with E-state index >= 15 is 0 Å². The molecule has 0 unspecified atom stereocenters. The third kappa shape index (κ3) is 4.93. The second-order valence-corrected chi connectivity index (χ2v) is 14.9. The Balaban J connectivity index is 1.50. The van der Waals surface area contributed by atoms with Gasteiger partial charge in [-0.15, -0.1) is 0 Å². The third-order valence-electron chi connectivity index (χ3n) is 8.91. The number of para-hydroxylation sites is 2. The van der Waals surface area contributed by atoms with Gasteiger partial charge in [-0.05, 0) is 83.0 Å². The maximum Gasteiger partial charge on any atom is 0.244 e. The first-order chi connectivity index (χ1) is 20.8. The molecule has 0 bridgehead atoms. The maximum atomic E-state index is 2.51. The fourth-order valence-corrected chi connectivity index (χ4v) is 8.91. The molecule has 0 saturated carbocycles. The summed E-state index contributed by atoms with van der Waals surface area (Å²) < 4.78 is 0. The highest BCUT2D eigenvalue weighted by Crippen LogP contribution is 2.51. The van der Waals surface area contributed by atoms with Crippen molar-refractivity contribution in [3.8, 4) is 0 Å². The topological polar surface area (TPSA) is 3.24 Å². The average molecular weight is 596 g/mol. The van der Waals surface area contributed by atoms with Crippen LogP contribution in [0.5, 0.6) is 0 Å². The van der Waals surface area contributed by atoms with Crippen LogP contribution in [0.15, 0.2) is 123 Å². The molecular formula is C39H38BNS2. The van der Waals surface area contributed by atoms with Gasteiger partial charge in [0, 0.05) is 25.3 Å². The maximum absolute atomic E-state index is 2.51. The lowest BCUT2D eigenvalue weighted by Gasteiger charge is -2.35. The number of hydrogen-bond acceptors (Lipinski definition) is 3. The van der Waals surface area contributed by atoms with Crippen molar-refractivity contribution in [3.63, 3.8) is 0 Å². The first-order valence-electron chi connectivity index (χ1n) is 15.6. The van der Waals surface area contributed by atoms with Gasteiger partial charge in [0.1, 0.15) is 0 Å². The monoisotopic (exact) mass is 595 g/mol. The standard InChI is InChI=1S/C39H38BNS2/c1-24(2)27-21-29(25(3)4)39(30(22-27)26(5)6)40-31-13-7-10-16-35(31)42-36-20-19-28(23-32(36)40)41-33-14-8-11-17-37(33)43-38-18-12-9-15-34(38)41/h7-26H,1-6H3.